The summed E-state index contributed by atoms with van der Waals surface area (Å²) in [6.45, 7) is 2.75. The average Bonchev–Trinajstić information content (AvgIpc) is 2.76. The molecule has 6 heteroatoms. The van der Waals surface area contributed by atoms with Crippen LogP contribution in [-0.4, -0.2) is 15.0 Å². The van der Waals surface area contributed by atoms with Gasteiger partial charge in [-0.2, -0.15) is 0 Å². The summed E-state index contributed by atoms with van der Waals surface area (Å²) in [6.07, 6.45) is 1.94. The van der Waals surface area contributed by atoms with Gasteiger partial charge in [-0.15, -0.1) is 16.4 Å². The van der Waals surface area contributed by atoms with E-state index in [1.165, 1.54) is 4.88 Å². The van der Waals surface area contributed by atoms with Gasteiger partial charge in [0.1, 0.15) is 0 Å². The molecule has 2 aromatic rings. The maximum Gasteiger partial charge on any atom is 0.0960 e. The van der Waals surface area contributed by atoms with E-state index in [4.69, 9.17) is 11.6 Å². The van der Waals surface area contributed by atoms with Gasteiger partial charge in [0, 0.05) is 11.1 Å². The molecule has 0 saturated heterocycles. The third-order valence-corrected chi connectivity index (χ3v) is 3.60. The van der Waals surface area contributed by atoms with Gasteiger partial charge in [-0.1, -0.05) is 32.7 Å². The topological polar surface area (TPSA) is 30.7 Å². The van der Waals surface area contributed by atoms with E-state index in [1.54, 1.807) is 11.3 Å². The second-order valence-corrected chi connectivity index (χ2v) is 6.34. The van der Waals surface area contributed by atoms with Crippen LogP contribution in [-0.2, 0) is 6.54 Å². The molecule has 0 aromatic carbocycles. The molecule has 1 atom stereocenters. The summed E-state index contributed by atoms with van der Waals surface area (Å²) in [5, 5.41) is 8.10. The van der Waals surface area contributed by atoms with E-state index in [0.717, 1.165) is 16.6 Å². The van der Waals surface area contributed by atoms with Crippen molar-refractivity contribution >= 4 is 38.9 Å². The monoisotopic (exact) mass is 305 g/mol. The van der Waals surface area contributed by atoms with Crippen LogP contribution in [0, 0.1) is 0 Å². The number of halogens is 2. The largest absolute Gasteiger partial charge is 0.247 e. The molecule has 2 rings (SSSR count). The first-order valence-corrected chi connectivity index (χ1v) is 6.54. The average molecular weight is 307 g/mol. The number of rotatable bonds is 3. The summed E-state index contributed by atoms with van der Waals surface area (Å²) in [4.78, 5) is 1.41. The second kappa shape index (κ2) is 4.63. The number of thiophene rings is 1. The van der Waals surface area contributed by atoms with Crippen LogP contribution in [0.25, 0.3) is 0 Å². The lowest BCUT2D eigenvalue weighted by molar-refractivity contribution is 0.655. The van der Waals surface area contributed by atoms with E-state index < -0.39 is 0 Å². The molecule has 15 heavy (non-hydrogen) atoms. The number of hydrogen-bond acceptors (Lipinski definition) is 3. The number of alkyl halides is 1. The SMILES string of the molecule is CC(Br)c1cn(Cc2ccc(Cl)s2)nn1. The predicted octanol–water partition coefficient (Wildman–Crippen LogP) is 3.50. The summed E-state index contributed by atoms with van der Waals surface area (Å²) in [5.41, 5.74) is 0.942. The standard InChI is InChI=1S/C9H9BrClN3S/c1-6(10)8-5-14(13-12-8)4-7-2-3-9(11)15-7/h2-3,5-6H,4H2,1H3. The minimum atomic E-state index is 0.234. The van der Waals surface area contributed by atoms with Crippen LogP contribution in [0.4, 0.5) is 0 Å². The van der Waals surface area contributed by atoms with Crippen LogP contribution < -0.4 is 0 Å². The molecule has 0 radical (unpaired) electrons. The Morgan fingerprint density at radius 2 is 2.40 bits per heavy atom. The quantitative estimate of drug-likeness (QED) is 0.813. The third-order valence-electron chi connectivity index (χ3n) is 1.91. The van der Waals surface area contributed by atoms with Gasteiger partial charge in [0.15, 0.2) is 0 Å². The molecule has 0 spiro atoms. The normalized spacial score (nSPS) is 13.0. The van der Waals surface area contributed by atoms with Gasteiger partial charge in [-0.3, -0.25) is 0 Å². The van der Waals surface area contributed by atoms with Crippen molar-refractivity contribution in [3.63, 3.8) is 0 Å². The molecule has 0 saturated carbocycles. The van der Waals surface area contributed by atoms with E-state index in [0.29, 0.717) is 0 Å². The Labute approximate surface area is 105 Å². The van der Waals surface area contributed by atoms with E-state index in [9.17, 15) is 0 Å². The van der Waals surface area contributed by atoms with Crippen LogP contribution in [0.1, 0.15) is 22.3 Å². The van der Waals surface area contributed by atoms with Crippen molar-refractivity contribution in [1.82, 2.24) is 15.0 Å². The molecule has 0 aliphatic carbocycles. The Morgan fingerprint density at radius 3 is 2.93 bits per heavy atom. The van der Waals surface area contributed by atoms with Crippen molar-refractivity contribution in [2.24, 2.45) is 0 Å². The Bertz CT molecular complexity index is 452. The lowest BCUT2D eigenvalue weighted by Gasteiger charge is -1.96. The Balaban J connectivity index is 2.11. The molecule has 0 amide bonds. The van der Waals surface area contributed by atoms with Crippen LogP contribution in [0.15, 0.2) is 18.3 Å². The highest BCUT2D eigenvalue weighted by molar-refractivity contribution is 9.09. The minimum Gasteiger partial charge on any atom is -0.247 e. The van der Waals surface area contributed by atoms with Crippen molar-refractivity contribution in [2.45, 2.75) is 18.3 Å². The van der Waals surface area contributed by atoms with Crippen molar-refractivity contribution < 1.29 is 0 Å². The molecule has 0 bridgehead atoms. The van der Waals surface area contributed by atoms with E-state index in [2.05, 4.69) is 26.2 Å². The molecule has 3 nitrogen and oxygen atoms in total. The summed E-state index contributed by atoms with van der Waals surface area (Å²) in [5.74, 6) is 0. The van der Waals surface area contributed by atoms with Gasteiger partial charge < -0.3 is 0 Å². The molecular formula is C9H9BrClN3S. The van der Waals surface area contributed by atoms with E-state index in [1.807, 2.05) is 29.9 Å². The first-order valence-electron chi connectivity index (χ1n) is 4.43. The summed E-state index contributed by atoms with van der Waals surface area (Å²) in [7, 11) is 0. The van der Waals surface area contributed by atoms with E-state index >= 15 is 0 Å². The molecular weight excluding hydrogens is 298 g/mol. The van der Waals surface area contributed by atoms with Crippen LogP contribution >= 0.6 is 38.9 Å². The van der Waals surface area contributed by atoms with Crippen LogP contribution in [0.5, 0.6) is 0 Å². The second-order valence-electron chi connectivity index (χ2n) is 3.16. The van der Waals surface area contributed by atoms with Crippen molar-refractivity contribution in [3.8, 4) is 0 Å². The van der Waals surface area contributed by atoms with Crippen LogP contribution in [0.2, 0.25) is 4.34 Å². The zero-order valence-corrected chi connectivity index (χ0v) is 11.2. The Morgan fingerprint density at radius 1 is 1.60 bits per heavy atom. The fourth-order valence-corrected chi connectivity index (χ4v) is 2.46. The molecule has 1 unspecified atom stereocenters. The van der Waals surface area contributed by atoms with Gasteiger partial charge in [0.05, 0.1) is 21.4 Å². The summed E-state index contributed by atoms with van der Waals surface area (Å²) >= 11 is 10.9. The zero-order valence-electron chi connectivity index (χ0n) is 8.02. The number of nitrogens with zero attached hydrogens (tertiary/aromatic N) is 3. The van der Waals surface area contributed by atoms with Gasteiger partial charge in [-0.25, -0.2) is 4.68 Å². The summed E-state index contributed by atoms with van der Waals surface area (Å²) in [6, 6.07) is 3.90. The van der Waals surface area contributed by atoms with Gasteiger partial charge in [0.25, 0.3) is 0 Å². The Kier molecular flexibility index (Phi) is 3.43. The molecule has 0 fully saturated rings. The molecule has 80 valence electrons. The lowest BCUT2D eigenvalue weighted by atomic mass is 10.4. The molecule has 0 aliphatic rings. The van der Waals surface area contributed by atoms with E-state index in [-0.39, 0.29) is 4.83 Å². The first-order chi connectivity index (χ1) is 7.15. The van der Waals surface area contributed by atoms with Gasteiger partial charge >= 0.3 is 0 Å². The molecule has 2 heterocycles. The smallest absolute Gasteiger partial charge is 0.0960 e. The van der Waals surface area contributed by atoms with Gasteiger partial charge in [0.2, 0.25) is 0 Å². The maximum atomic E-state index is 5.85. The third kappa shape index (κ3) is 2.80. The van der Waals surface area contributed by atoms with Gasteiger partial charge in [-0.05, 0) is 19.1 Å². The zero-order chi connectivity index (χ0) is 10.8. The predicted molar refractivity (Wildman–Crippen MR) is 65.8 cm³/mol. The molecule has 2 aromatic heterocycles. The number of aromatic nitrogens is 3. The summed E-state index contributed by atoms with van der Waals surface area (Å²) < 4.78 is 2.62. The first kappa shape index (κ1) is 11.1. The van der Waals surface area contributed by atoms with Crippen molar-refractivity contribution in [3.05, 3.63) is 33.2 Å². The van der Waals surface area contributed by atoms with Crippen molar-refractivity contribution in [1.29, 1.82) is 0 Å². The van der Waals surface area contributed by atoms with Crippen molar-refractivity contribution in [2.75, 3.05) is 0 Å². The lowest BCUT2D eigenvalue weighted by Crippen LogP contribution is -1.98. The number of hydrogen-bond donors (Lipinski definition) is 0. The highest BCUT2D eigenvalue weighted by Gasteiger charge is 2.07. The highest BCUT2D eigenvalue weighted by atomic mass is 79.9. The fourth-order valence-electron chi connectivity index (χ4n) is 1.17. The minimum absolute atomic E-state index is 0.234. The van der Waals surface area contributed by atoms with Crippen LogP contribution in [0.3, 0.4) is 0 Å². The fraction of sp³-hybridized carbons (Fsp3) is 0.333. The maximum absolute atomic E-state index is 5.85. The molecule has 0 N–H and O–H groups in total. The Hall–Kier alpha value is -0.390. The highest BCUT2D eigenvalue weighted by Crippen LogP contribution is 2.23. The molecule has 0 aliphatic heterocycles.